The summed E-state index contributed by atoms with van der Waals surface area (Å²) in [5.41, 5.74) is 4.24. The van der Waals surface area contributed by atoms with Crippen molar-refractivity contribution in [3.8, 4) is 40.1 Å². The Labute approximate surface area is 255 Å². The van der Waals surface area contributed by atoms with Crippen LogP contribution in [0, 0.1) is 11.3 Å². The summed E-state index contributed by atoms with van der Waals surface area (Å²) in [5, 5.41) is 9.87. The lowest BCUT2D eigenvalue weighted by molar-refractivity contribution is 0.0242. The van der Waals surface area contributed by atoms with Crippen LogP contribution in [0.1, 0.15) is 35.2 Å². The number of hydrogen-bond acceptors (Lipinski definition) is 9. The van der Waals surface area contributed by atoms with E-state index in [0.29, 0.717) is 64.4 Å². The average molecular weight is 602 g/mol. The summed E-state index contributed by atoms with van der Waals surface area (Å²) in [7, 11) is 3.67. The van der Waals surface area contributed by atoms with Crippen LogP contribution in [0.4, 0.5) is 0 Å². The van der Waals surface area contributed by atoms with Crippen LogP contribution < -0.4 is 9.47 Å². The molecule has 11 heteroatoms. The molecule has 0 spiro atoms. The number of rotatable bonds is 6. The van der Waals surface area contributed by atoms with Crippen LogP contribution in [0.3, 0.4) is 0 Å². The number of halogens is 1. The number of nitrogens with zero attached hydrogens (tertiary/aromatic N) is 5. The largest absolute Gasteiger partial charge is 0.494 e. The van der Waals surface area contributed by atoms with Gasteiger partial charge in [0.2, 0.25) is 0 Å². The van der Waals surface area contributed by atoms with E-state index in [2.05, 4.69) is 28.0 Å². The quantitative estimate of drug-likeness (QED) is 0.303. The van der Waals surface area contributed by atoms with Gasteiger partial charge in [0.15, 0.2) is 11.3 Å². The third-order valence-corrected chi connectivity index (χ3v) is 8.67. The van der Waals surface area contributed by atoms with Crippen molar-refractivity contribution >= 4 is 29.4 Å². The molecular formula is C32H32ClN5O5. The summed E-state index contributed by atoms with van der Waals surface area (Å²) in [6, 6.07) is 14.0. The molecule has 6 heterocycles. The third-order valence-electron chi connectivity index (χ3n) is 8.67. The lowest BCUT2D eigenvalue weighted by Gasteiger charge is -2.46. The van der Waals surface area contributed by atoms with Crippen molar-refractivity contribution in [2.45, 2.75) is 37.5 Å². The van der Waals surface area contributed by atoms with Crippen molar-refractivity contribution in [3.63, 3.8) is 0 Å². The molecule has 3 aromatic heterocycles. The number of hydrogen-bond donors (Lipinski definition) is 0. The second kappa shape index (κ2) is 11.8. The molecule has 3 aliphatic heterocycles. The van der Waals surface area contributed by atoms with Gasteiger partial charge in [0.1, 0.15) is 34.9 Å². The number of aromatic nitrogens is 2. The molecule has 0 radical (unpaired) electrons. The zero-order valence-electron chi connectivity index (χ0n) is 24.0. The van der Waals surface area contributed by atoms with Gasteiger partial charge >= 0.3 is 0 Å². The summed E-state index contributed by atoms with van der Waals surface area (Å²) < 4.78 is 23.5. The standard InChI is InChI=1S/C32H31N5O5.ClH/c1-36-10-6-25-26(36)18-37(25)32(38)21-14-28(39-2)30(35-17-21)29-15-24-31(42-29)23(5-9-34-24)19-3-4-27(20(13-19)16-33)41-22-7-11-40-12-8-22;/h3-5,9,13-15,17,22,25-26H,6-8,10-12,18H2,1-2H3;1H. The molecule has 2 unspecified atom stereocenters. The molecule has 0 aliphatic carbocycles. The highest BCUT2D eigenvalue weighted by Crippen LogP contribution is 2.38. The Morgan fingerprint density at radius 3 is 2.67 bits per heavy atom. The van der Waals surface area contributed by atoms with Gasteiger partial charge in [-0.25, -0.2) is 4.98 Å². The number of ether oxygens (including phenoxy) is 3. The zero-order chi connectivity index (χ0) is 28.8. The maximum atomic E-state index is 13.3. The van der Waals surface area contributed by atoms with Gasteiger partial charge in [0.05, 0.1) is 37.5 Å². The number of carbonyl (C=O) groups is 1. The van der Waals surface area contributed by atoms with Crippen LogP contribution in [0.25, 0.3) is 33.7 Å². The number of pyridine rings is 2. The Balaban J connectivity index is 0.00000329. The number of benzene rings is 1. The van der Waals surface area contributed by atoms with Gasteiger partial charge in [-0.1, -0.05) is 6.07 Å². The Morgan fingerprint density at radius 1 is 1.07 bits per heavy atom. The highest BCUT2D eigenvalue weighted by molar-refractivity contribution is 5.96. The number of nitriles is 1. The van der Waals surface area contributed by atoms with Gasteiger partial charge in [0.25, 0.3) is 5.91 Å². The molecule has 1 aromatic carbocycles. The number of amides is 1. The van der Waals surface area contributed by atoms with E-state index in [-0.39, 0.29) is 30.5 Å². The molecule has 0 bridgehead atoms. The number of likely N-dealkylation sites (tertiary alicyclic amines) is 2. The second-order valence-corrected chi connectivity index (χ2v) is 11.1. The number of fused-ring (bicyclic) bond motifs is 2. The molecule has 10 nitrogen and oxygen atoms in total. The predicted octanol–water partition coefficient (Wildman–Crippen LogP) is 4.95. The first-order valence-electron chi connectivity index (χ1n) is 14.3. The smallest absolute Gasteiger partial charge is 0.255 e. The van der Waals surface area contributed by atoms with Gasteiger partial charge in [-0.3, -0.25) is 14.7 Å². The van der Waals surface area contributed by atoms with Gasteiger partial charge in [-0.05, 0) is 43.3 Å². The van der Waals surface area contributed by atoms with Crippen LogP contribution >= 0.6 is 12.4 Å². The minimum atomic E-state index is -0.0324. The van der Waals surface area contributed by atoms with Crippen molar-refractivity contribution in [1.29, 1.82) is 5.26 Å². The SMILES string of the molecule is COc1cc(C(=O)N2CC3C2CCN3C)cnc1-c1cc2nccc(-c3ccc(OC4CCOCC4)c(C#N)c3)c2o1.Cl. The van der Waals surface area contributed by atoms with Crippen LogP contribution in [0.2, 0.25) is 0 Å². The first-order chi connectivity index (χ1) is 20.5. The maximum absolute atomic E-state index is 13.3. The van der Waals surface area contributed by atoms with E-state index in [1.165, 1.54) is 0 Å². The summed E-state index contributed by atoms with van der Waals surface area (Å²) in [5.74, 6) is 1.46. The molecule has 4 aromatic rings. The summed E-state index contributed by atoms with van der Waals surface area (Å²) in [4.78, 5) is 26.6. The topological polar surface area (TPSA) is 114 Å². The van der Waals surface area contributed by atoms with Crippen LogP contribution in [-0.2, 0) is 4.74 Å². The number of likely N-dealkylation sites (N-methyl/N-ethyl adjacent to an activating group) is 1. The summed E-state index contributed by atoms with van der Waals surface area (Å²) in [6.45, 7) is 3.07. The zero-order valence-corrected chi connectivity index (χ0v) is 24.8. The van der Waals surface area contributed by atoms with Crippen molar-refractivity contribution < 1.29 is 23.4 Å². The normalized spacial score (nSPS) is 20.2. The molecule has 0 N–H and O–H groups in total. The van der Waals surface area contributed by atoms with Gasteiger partial charge in [0, 0.05) is 56.0 Å². The molecule has 0 saturated carbocycles. The molecule has 222 valence electrons. The monoisotopic (exact) mass is 601 g/mol. The van der Waals surface area contributed by atoms with E-state index in [0.717, 1.165) is 43.5 Å². The van der Waals surface area contributed by atoms with E-state index in [4.69, 9.17) is 18.6 Å². The van der Waals surface area contributed by atoms with Gasteiger partial charge < -0.3 is 23.5 Å². The number of furan rings is 1. The fourth-order valence-electron chi connectivity index (χ4n) is 6.26. The summed E-state index contributed by atoms with van der Waals surface area (Å²) in [6.07, 6.45) is 5.93. The van der Waals surface area contributed by atoms with E-state index in [9.17, 15) is 10.1 Å². The molecule has 7 rings (SSSR count). The molecule has 3 saturated heterocycles. The molecule has 3 aliphatic rings. The number of carbonyl (C=O) groups excluding carboxylic acids is 1. The van der Waals surface area contributed by atoms with E-state index in [1.807, 2.05) is 35.2 Å². The highest BCUT2D eigenvalue weighted by Gasteiger charge is 2.47. The molecule has 2 atom stereocenters. The average Bonchev–Trinajstić information content (AvgIpc) is 3.57. The number of methoxy groups -OCH3 is 1. The molecular weight excluding hydrogens is 570 g/mol. The third kappa shape index (κ3) is 5.18. The predicted molar refractivity (Wildman–Crippen MR) is 162 cm³/mol. The summed E-state index contributed by atoms with van der Waals surface area (Å²) >= 11 is 0. The highest BCUT2D eigenvalue weighted by atomic mass is 35.5. The van der Waals surface area contributed by atoms with Crippen LogP contribution in [0.15, 0.2) is 53.2 Å². The second-order valence-electron chi connectivity index (χ2n) is 11.1. The van der Waals surface area contributed by atoms with E-state index in [1.54, 1.807) is 25.6 Å². The molecule has 43 heavy (non-hydrogen) atoms. The van der Waals surface area contributed by atoms with Crippen molar-refractivity contribution in [2.24, 2.45) is 0 Å². The lowest BCUT2D eigenvalue weighted by Crippen LogP contribution is -2.62. The van der Waals surface area contributed by atoms with E-state index < -0.39 is 0 Å². The fraction of sp³-hybridized carbons (Fsp3) is 0.375. The minimum Gasteiger partial charge on any atom is -0.494 e. The van der Waals surface area contributed by atoms with Crippen molar-refractivity contribution in [3.05, 3.63) is 59.9 Å². The first kappa shape index (κ1) is 28.9. The fourth-order valence-corrected chi connectivity index (χ4v) is 6.26. The lowest BCUT2D eigenvalue weighted by atomic mass is 9.96. The minimum absolute atomic E-state index is 0. The van der Waals surface area contributed by atoms with Crippen LogP contribution in [0.5, 0.6) is 11.5 Å². The van der Waals surface area contributed by atoms with Gasteiger partial charge in [-0.15, -0.1) is 12.4 Å². The Hall–Kier alpha value is -4.17. The molecule has 3 fully saturated rings. The Morgan fingerprint density at radius 2 is 1.91 bits per heavy atom. The van der Waals surface area contributed by atoms with Crippen molar-refractivity contribution in [1.82, 2.24) is 19.8 Å². The Kier molecular flexibility index (Phi) is 7.97. The van der Waals surface area contributed by atoms with E-state index >= 15 is 0 Å². The maximum Gasteiger partial charge on any atom is 0.255 e. The molecule has 1 amide bonds. The van der Waals surface area contributed by atoms with Crippen molar-refractivity contribution in [2.75, 3.05) is 40.5 Å². The van der Waals surface area contributed by atoms with Gasteiger partial charge in [-0.2, -0.15) is 5.26 Å². The first-order valence-corrected chi connectivity index (χ1v) is 14.3. The van der Waals surface area contributed by atoms with Crippen LogP contribution in [-0.4, -0.2) is 84.3 Å². The Bertz CT molecular complexity index is 1710.